The highest BCUT2D eigenvalue weighted by Gasteiger charge is 2.32. The lowest BCUT2D eigenvalue weighted by Crippen LogP contribution is -2.45. The zero-order valence-electron chi connectivity index (χ0n) is 13.2. The van der Waals surface area contributed by atoms with E-state index in [1.54, 1.807) is 11.1 Å². The summed E-state index contributed by atoms with van der Waals surface area (Å²) in [6.45, 7) is 2.08. The van der Waals surface area contributed by atoms with Crippen molar-refractivity contribution in [1.82, 2.24) is 19.4 Å². The second kappa shape index (κ2) is 6.57. The zero-order chi connectivity index (χ0) is 16.4. The van der Waals surface area contributed by atoms with Gasteiger partial charge < -0.3 is 19.3 Å². The fraction of sp³-hybridized carbons (Fsp3) is 0.667. The maximum Gasteiger partial charge on any atom is 0.410 e. The second-order valence-electron chi connectivity index (χ2n) is 6.10. The van der Waals surface area contributed by atoms with E-state index in [1.165, 1.54) is 4.90 Å². The van der Waals surface area contributed by atoms with Crippen LogP contribution in [0.4, 0.5) is 4.79 Å². The first-order valence-electron chi connectivity index (χ1n) is 7.91. The van der Waals surface area contributed by atoms with Crippen LogP contribution in [-0.2, 0) is 16.6 Å². The first-order chi connectivity index (χ1) is 11.1. The molecule has 2 aliphatic rings. The van der Waals surface area contributed by atoms with Crippen LogP contribution in [0.5, 0.6) is 0 Å². The number of aromatic nitrogens is 2. The molecule has 2 saturated heterocycles. The largest absolute Gasteiger partial charge is 0.448 e. The highest BCUT2D eigenvalue weighted by Crippen LogP contribution is 2.29. The van der Waals surface area contributed by atoms with E-state index in [2.05, 4.69) is 4.98 Å². The molecule has 0 radical (unpaired) electrons. The summed E-state index contributed by atoms with van der Waals surface area (Å²) in [5.74, 6) is 0.695. The molecule has 126 valence electrons. The lowest BCUT2D eigenvalue weighted by atomic mass is 9.90. The average Bonchev–Trinajstić information content (AvgIpc) is 3.15. The standard InChI is InChI=1S/C15H22N4O4/c1-17-7-4-16-14(17)13(21)11-2-5-18(6-3-11)12(20)10-19-8-9-23-15(19)22/h4,7,11,13,21H,2-3,5-6,8-10H2,1H3/t13-/m0/s1. The lowest BCUT2D eigenvalue weighted by molar-refractivity contribution is -0.133. The van der Waals surface area contributed by atoms with Crippen molar-refractivity contribution in [1.29, 1.82) is 0 Å². The number of amides is 2. The molecule has 8 heteroatoms. The van der Waals surface area contributed by atoms with E-state index in [9.17, 15) is 14.7 Å². The number of hydrogen-bond acceptors (Lipinski definition) is 5. The van der Waals surface area contributed by atoms with Gasteiger partial charge in [0.15, 0.2) is 0 Å². The highest BCUT2D eigenvalue weighted by atomic mass is 16.6. The third-order valence-corrected chi connectivity index (χ3v) is 4.63. The predicted octanol–water partition coefficient (Wildman–Crippen LogP) is 0.144. The van der Waals surface area contributed by atoms with Crippen LogP contribution in [0, 0.1) is 5.92 Å². The third kappa shape index (κ3) is 3.31. The van der Waals surface area contributed by atoms with Gasteiger partial charge in [0.2, 0.25) is 5.91 Å². The average molecular weight is 322 g/mol. The van der Waals surface area contributed by atoms with E-state index in [-0.39, 0.29) is 18.4 Å². The van der Waals surface area contributed by atoms with Gasteiger partial charge >= 0.3 is 6.09 Å². The molecule has 0 aromatic carbocycles. The van der Waals surface area contributed by atoms with Crippen molar-refractivity contribution < 1.29 is 19.4 Å². The monoisotopic (exact) mass is 322 g/mol. The summed E-state index contributed by atoms with van der Waals surface area (Å²) in [5.41, 5.74) is 0. The Labute approximate surface area is 134 Å². The summed E-state index contributed by atoms with van der Waals surface area (Å²) in [6.07, 6.45) is 3.91. The minimum absolute atomic E-state index is 0.0613. The molecule has 8 nitrogen and oxygen atoms in total. The smallest absolute Gasteiger partial charge is 0.410 e. The molecule has 0 spiro atoms. The van der Waals surface area contributed by atoms with Gasteiger partial charge in [-0.2, -0.15) is 0 Å². The van der Waals surface area contributed by atoms with Crippen molar-refractivity contribution in [3.05, 3.63) is 18.2 Å². The number of hydrogen-bond donors (Lipinski definition) is 1. The summed E-state index contributed by atoms with van der Waals surface area (Å²) < 4.78 is 6.65. The molecular formula is C15H22N4O4. The Kier molecular flexibility index (Phi) is 4.51. The van der Waals surface area contributed by atoms with Crippen LogP contribution in [0.25, 0.3) is 0 Å². The van der Waals surface area contributed by atoms with Gasteiger partial charge in [0, 0.05) is 32.5 Å². The number of imidazole rings is 1. The van der Waals surface area contributed by atoms with Gasteiger partial charge in [0.1, 0.15) is 25.1 Å². The molecule has 1 N–H and O–H groups in total. The highest BCUT2D eigenvalue weighted by molar-refractivity contribution is 5.82. The van der Waals surface area contributed by atoms with E-state index in [4.69, 9.17) is 4.74 Å². The third-order valence-electron chi connectivity index (χ3n) is 4.63. The molecule has 2 fully saturated rings. The Morgan fingerprint density at radius 1 is 1.43 bits per heavy atom. The summed E-state index contributed by atoms with van der Waals surface area (Å²) in [6, 6.07) is 0. The van der Waals surface area contributed by atoms with Crippen LogP contribution in [0.2, 0.25) is 0 Å². The maximum absolute atomic E-state index is 12.3. The molecule has 2 amide bonds. The van der Waals surface area contributed by atoms with E-state index < -0.39 is 12.2 Å². The summed E-state index contributed by atoms with van der Waals surface area (Å²) in [7, 11) is 1.86. The number of piperidine rings is 1. The Balaban J connectivity index is 1.51. The second-order valence-corrected chi connectivity index (χ2v) is 6.10. The Hall–Kier alpha value is -2.09. The maximum atomic E-state index is 12.3. The van der Waals surface area contributed by atoms with Gasteiger partial charge in [0.25, 0.3) is 0 Å². The molecule has 0 unspecified atom stereocenters. The van der Waals surface area contributed by atoms with Gasteiger partial charge in [-0.3, -0.25) is 9.69 Å². The fourth-order valence-corrected chi connectivity index (χ4v) is 3.17. The molecule has 2 aliphatic heterocycles. The first-order valence-corrected chi connectivity index (χ1v) is 7.91. The molecular weight excluding hydrogens is 300 g/mol. The van der Waals surface area contributed by atoms with Crippen LogP contribution in [0.1, 0.15) is 24.8 Å². The molecule has 0 bridgehead atoms. The number of rotatable bonds is 4. The number of cyclic esters (lactones) is 1. The molecule has 3 heterocycles. The van der Waals surface area contributed by atoms with Gasteiger partial charge in [-0.05, 0) is 18.8 Å². The van der Waals surface area contributed by atoms with Gasteiger partial charge in [0.05, 0.1) is 6.54 Å². The number of aliphatic hydroxyl groups excluding tert-OH is 1. The molecule has 0 saturated carbocycles. The van der Waals surface area contributed by atoms with Crippen LogP contribution in [0.3, 0.4) is 0 Å². The SMILES string of the molecule is Cn1ccnc1[C@@H](O)C1CCN(C(=O)CN2CCOC2=O)CC1. The predicted molar refractivity (Wildman–Crippen MR) is 80.4 cm³/mol. The molecule has 1 aromatic heterocycles. The topological polar surface area (TPSA) is 87.9 Å². The van der Waals surface area contributed by atoms with Crippen LogP contribution in [0.15, 0.2) is 12.4 Å². The van der Waals surface area contributed by atoms with Gasteiger partial charge in [-0.25, -0.2) is 9.78 Å². The Morgan fingerprint density at radius 2 is 2.17 bits per heavy atom. The molecule has 1 aromatic rings. The van der Waals surface area contributed by atoms with Gasteiger partial charge in [-0.15, -0.1) is 0 Å². The number of nitrogens with zero attached hydrogens (tertiary/aromatic N) is 4. The lowest BCUT2D eigenvalue weighted by Gasteiger charge is -2.34. The summed E-state index contributed by atoms with van der Waals surface area (Å²) >= 11 is 0. The summed E-state index contributed by atoms with van der Waals surface area (Å²) in [5, 5.41) is 10.4. The van der Waals surface area contributed by atoms with Gasteiger partial charge in [-0.1, -0.05) is 0 Å². The number of carbonyl (C=O) groups excluding carboxylic acids is 2. The van der Waals surface area contributed by atoms with Crippen LogP contribution in [-0.4, -0.2) is 69.2 Å². The minimum atomic E-state index is -0.610. The molecule has 23 heavy (non-hydrogen) atoms. The number of aryl methyl sites for hydroxylation is 1. The zero-order valence-corrected chi connectivity index (χ0v) is 13.2. The number of aliphatic hydroxyl groups is 1. The number of likely N-dealkylation sites (tertiary alicyclic amines) is 1. The number of ether oxygens (including phenoxy) is 1. The van der Waals surface area contributed by atoms with E-state index >= 15 is 0 Å². The molecule has 0 aliphatic carbocycles. The van der Waals surface area contributed by atoms with Crippen LogP contribution >= 0.6 is 0 Å². The van der Waals surface area contributed by atoms with E-state index in [0.29, 0.717) is 32.1 Å². The van der Waals surface area contributed by atoms with Crippen molar-refractivity contribution in [2.75, 3.05) is 32.8 Å². The summed E-state index contributed by atoms with van der Waals surface area (Å²) in [4.78, 5) is 31.0. The molecule has 3 rings (SSSR count). The van der Waals surface area contributed by atoms with E-state index in [1.807, 2.05) is 17.8 Å². The van der Waals surface area contributed by atoms with Crippen LogP contribution < -0.4 is 0 Å². The Bertz CT molecular complexity index is 580. The van der Waals surface area contributed by atoms with Crippen molar-refractivity contribution in [3.63, 3.8) is 0 Å². The van der Waals surface area contributed by atoms with Crippen molar-refractivity contribution in [2.24, 2.45) is 13.0 Å². The molecule has 1 atom stereocenters. The van der Waals surface area contributed by atoms with Crippen molar-refractivity contribution in [3.8, 4) is 0 Å². The number of carbonyl (C=O) groups is 2. The Morgan fingerprint density at radius 3 is 2.74 bits per heavy atom. The quantitative estimate of drug-likeness (QED) is 0.852. The fourth-order valence-electron chi connectivity index (χ4n) is 3.17. The van der Waals surface area contributed by atoms with Crippen molar-refractivity contribution >= 4 is 12.0 Å². The van der Waals surface area contributed by atoms with Crippen molar-refractivity contribution in [2.45, 2.75) is 18.9 Å². The minimum Gasteiger partial charge on any atom is -0.448 e. The van der Waals surface area contributed by atoms with E-state index in [0.717, 1.165) is 12.8 Å². The normalized spacial score (nSPS) is 20.7. The first kappa shape index (κ1) is 15.8.